The molecule has 0 amide bonds. The van der Waals surface area contributed by atoms with Crippen LogP contribution in [0.4, 0.5) is 0 Å². The molecule has 1 aromatic carbocycles. The molecular formula is C13H17ClO2. The molecule has 0 N–H and O–H groups in total. The van der Waals surface area contributed by atoms with Gasteiger partial charge in [-0.1, -0.05) is 37.6 Å². The van der Waals surface area contributed by atoms with Crippen LogP contribution in [-0.2, 0) is 9.47 Å². The highest BCUT2D eigenvalue weighted by atomic mass is 35.5. The maximum atomic E-state index is 5.91. The Morgan fingerprint density at radius 1 is 1.25 bits per heavy atom. The van der Waals surface area contributed by atoms with Crippen LogP contribution in [0.3, 0.4) is 0 Å². The van der Waals surface area contributed by atoms with Gasteiger partial charge in [-0.3, -0.25) is 0 Å². The van der Waals surface area contributed by atoms with Crippen LogP contribution in [0, 0.1) is 5.92 Å². The Kier molecular flexibility index (Phi) is 3.85. The molecule has 1 saturated heterocycles. The van der Waals surface area contributed by atoms with Gasteiger partial charge >= 0.3 is 0 Å². The van der Waals surface area contributed by atoms with Gasteiger partial charge in [0.1, 0.15) is 0 Å². The third kappa shape index (κ3) is 2.76. The van der Waals surface area contributed by atoms with E-state index < -0.39 is 0 Å². The summed E-state index contributed by atoms with van der Waals surface area (Å²) in [6.07, 6.45) is 1.02. The van der Waals surface area contributed by atoms with E-state index in [4.69, 9.17) is 21.1 Å². The van der Waals surface area contributed by atoms with Gasteiger partial charge in [0.15, 0.2) is 6.29 Å². The monoisotopic (exact) mass is 240 g/mol. The Balaban J connectivity index is 2.06. The van der Waals surface area contributed by atoms with Crippen molar-refractivity contribution in [2.45, 2.75) is 32.7 Å². The van der Waals surface area contributed by atoms with Gasteiger partial charge in [-0.05, 0) is 24.5 Å². The van der Waals surface area contributed by atoms with Crippen molar-refractivity contribution < 1.29 is 9.47 Å². The topological polar surface area (TPSA) is 18.5 Å². The summed E-state index contributed by atoms with van der Waals surface area (Å²) in [5.41, 5.74) is 1.04. The summed E-state index contributed by atoms with van der Waals surface area (Å²) >= 11 is 5.85. The van der Waals surface area contributed by atoms with Crippen LogP contribution in [0.25, 0.3) is 0 Å². The summed E-state index contributed by atoms with van der Waals surface area (Å²) in [6, 6.07) is 7.64. The van der Waals surface area contributed by atoms with Gasteiger partial charge in [-0.2, -0.15) is 0 Å². The lowest BCUT2D eigenvalue weighted by Crippen LogP contribution is -2.30. The van der Waals surface area contributed by atoms with Crippen LogP contribution >= 0.6 is 11.6 Å². The first kappa shape index (κ1) is 11.9. The van der Waals surface area contributed by atoms with E-state index >= 15 is 0 Å². The van der Waals surface area contributed by atoms with Gasteiger partial charge in [0.05, 0.1) is 12.7 Å². The molecule has 3 heteroatoms. The zero-order valence-electron chi connectivity index (χ0n) is 9.65. The molecule has 1 heterocycles. The van der Waals surface area contributed by atoms with Crippen molar-refractivity contribution in [2.75, 3.05) is 6.61 Å². The lowest BCUT2D eigenvalue weighted by Gasteiger charge is -2.32. The van der Waals surface area contributed by atoms with Crippen LogP contribution in [0.1, 0.15) is 32.1 Å². The summed E-state index contributed by atoms with van der Waals surface area (Å²) in [7, 11) is 0. The second-order valence-electron chi connectivity index (χ2n) is 4.46. The smallest absolute Gasteiger partial charge is 0.184 e. The summed E-state index contributed by atoms with van der Waals surface area (Å²) in [4.78, 5) is 0. The van der Waals surface area contributed by atoms with Gasteiger partial charge in [-0.15, -0.1) is 0 Å². The Bertz CT molecular complexity index is 334. The Labute approximate surface area is 102 Å². The number of hydrogen-bond acceptors (Lipinski definition) is 2. The van der Waals surface area contributed by atoms with Crippen molar-refractivity contribution in [1.29, 1.82) is 0 Å². The van der Waals surface area contributed by atoms with E-state index in [9.17, 15) is 0 Å². The normalized spacial score (nSPS) is 26.0. The van der Waals surface area contributed by atoms with E-state index in [1.54, 1.807) is 0 Å². The summed E-state index contributed by atoms with van der Waals surface area (Å²) in [5.74, 6) is 0.527. The summed E-state index contributed by atoms with van der Waals surface area (Å²) in [5, 5.41) is 0.736. The molecule has 1 aromatic rings. The fourth-order valence-electron chi connectivity index (χ4n) is 1.84. The van der Waals surface area contributed by atoms with Gasteiger partial charge in [0.25, 0.3) is 0 Å². The molecule has 1 aliphatic rings. The molecule has 0 unspecified atom stereocenters. The van der Waals surface area contributed by atoms with E-state index in [-0.39, 0.29) is 12.4 Å². The Morgan fingerprint density at radius 3 is 2.56 bits per heavy atom. The number of benzene rings is 1. The molecular weight excluding hydrogens is 224 g/mol. The molecule has 1 aliphatic heterocycles. The summed E-state index contributed by atoms with van der Waals surface area (Å²) in [6.45, 7) is 5.11. The Hall–Kier alpha value is -0.570. The molecule has 0 saturated carbocycles. The summed E-state index contributed by atoms with van der Waals surface area (Å²) < 4.78 is 11.5. The quantitative estimate of drug-likeness (QED) is 0.783. The first-order chi connectivity index (χ1) is 7.66. The van der Waals surface area contributed by atoms with E-state index in [2.05, 4.69) is 13.8 Å². The fourth-order valence-corrected chi connectivity index (χ4v) is 1.97. The molecule has 88 valence electrons. The van der Waals surface area contributed by atoms with E-state index in [1.165, 1.54) is 0 Å². The molecule has 0 spiro atoms. The molecule has 2 rings (SSSR count). The maximum absolute atomic E-state index is 5.91. The van der Waals surface area contributed by atoms with E-state index in [0.29, 0.717) is 5.92 Å². The number of rotatable bonds is 2. The van der Waals surface area contributed by atoms with Crippen LogP contribution in [-0.4, -0.2) is 12.7 Å². The molecule has 2 nitrogen and oxygen atoms in total. The predicted octanol–water partition coefficient (Wildman–Crippen LogP) is 3.80. The molecule has 2 atom stereocenters. The highest BCUT2D eigenvalue weighted by molar-refractivity contribution is 6.30. The third-order valence-corrected chi connectivity index (χ3v) is 3.11. The molecule has 0 radical (unpaired) electrons. The highest BCUT2D eigenvalue weighted by Crippen LogP contribution is 2.29. The molecule has 0 aliphatic carbocycles. The standard InChI is InChI=1S/C13H17ClO2/c1-9(2)12-7-8-15-13(16-12)10-3-5-11(14)6-4-10/h3-6,9,12-13H,7-8H2,1-2H3/t12-,13-/m0/s1. The highest BCUT2D eigenvalue weighted by Gasteiger charge is 2.26. The second kappa shape index (κ2) is 5.17. The average Bonchev–Trinajstić information content (AvgIpc) is 2.30. The second-order valence-corrected chi connectivity index (χ2v) is 4.90. The number of hydrogen-bond donors (Lipinski definition) is 0. The van der Waals surface area contributed by atoms with Crippen molar-refractivity contribution >= 4 is 11.6 Å². The van der Waals surface area contributed by atoms with Crippen LogP contribution in [0.2, 0.25) is 5.02 Å². The third-order valence-electron chi connectivity index (χ3n) is 2.86. The first-order valence-electron chi connectivity index (χ1n) is 5.69. The van der Waals surface area contributed by atoms with Crippen molar-refractivity contribution in [3.8, 4) is 0 Å². The Morgan fingerprint density at radius 2 is 1.94 bits per heavy atom. The SMILES string of the molecule is CC(C)[C@@H]1CCO[C@H](c2ccc(Cl)cc2)O1. The zero-order valence-corrected chi connectivity index (χ0v) is 10.4. The maximum Gasteiger partial charge on any atom is 0.184 e. The van der Waals surface area contributed by atoms with Gasteiger partial charge in [0.2, 0.25) is 0 Å². The predicted molar refractivity (Wildman–Crippen MR) is 64.5 cm³/mol. The van der Waals surface area contributed by atoms with Gasteiger partial charge in [-0.25, -0.2) is 0 Å². The average molecular weight is 241 g/mol. The molecule has 0 aromatic heterocycles. The van der Waals surface area contributed by atoms with E-state index in [1.807, 2.05) is 24.3 Å². The van der Waals surface area contributed by atoms with Gasteiger partial charge in [0, 0.05) is 10.6 Å². The first-order valence-corrected chi connectivity index (χ1v) is 6.07. The van der Waals surface area contributed by atoms with Crippen molar-refractivity contribution in [2.24, 2.45) is 5.92 Å². The number of halogens is 1. The fraction of sp³-hybridized carbons (Fsp3) is 0.538. The van der Waals surface area contributed by atoms with Crippen LogP contribution in [0.15, 0.2) is 24.3 Å². The molecule has 1 fully saturated rings. The van der Waals surface area contributed by atoms with Crippen LogP contribution in [0.5, 0.6) is 0 Å². The largest absolute Gasteiger partial charge is 0.348 e. The minimum absolute atomic E-state index is 0.238. The van der Waals surface area contributed by atoms with Gasteiger partial charge < -0.3 is 9.47 Å². The zero-order chi connectivity index (χ0) is 11.5. The molecule has 0 bridgehead atoms. The lowest BCUT2D eigenvalue weighted by molar-refractivity contribution is -0.226. The minimum atomic E-state index is -0.238. The minimum Gasteiger partial charge on any atom is -0.348 e. The van der Waals surface area contributed by atoms with Crippen molar-refractivity contribution in [3.63, 3.8) is 0 Å². The number of ether oxygens (including phenoxy) is 2. The molecule has 16 heavy (non-hydrogen) atoms. The van der Waals surface area contributed by atoms with Crippen LogP contribution < -0.4 is 0 Å². The van der Waals surface area contributed by atoms with Crippen molar-refractivity contribution in [3.05, 3.63) is 34.9 Å². The van der Waals surface area contributed by atoms with Crippen molar-refractivity contribution in [1.82, 2.24) is 0 Å². The van der Waals surface area contributed by atoms with E-state index in [0.717, 1.165) is 23.6 Å². The lowest BCUT2D eigenvalue weighted by atomic mass is 10.0.